The van der Waals surface area contributed by atoms with Gasteiger partial charge in [-0.15, -0.1) is 0 Å². The largest absolute Gasteiger partial charge is 0.465 e. The first-order valence-electron chi connectivity index (χ1n) is 9.20. The Balaban J connectivity index is 1.94. The van der Waals surface area contributed by atoms with Crippen molar-refractivity contribution < 1.29 is 23.1 Å². The van der Waals surface area contributed by atoms with Crippen LogP contribution in [0, 0.1) is 11.6 Å². The molecule has 0 atom stereocenters. The number of hydrogen-bond acceptors (Lipinski definition) is 6. The van der Waals surface area contributed by atoms with Crippen molar-refractivity contribution in [3.05, 3.63) is 59.2 Å². The Morgan fingerprint density at radius 3 is 2.37 bits per heavy atom. The number of anilines is 1. The van der Waals surface area contributed by atoms with Crippen molar-refractivity contribution in [2.24, 2.45) is 0 Å². The predicted molar refractivity (Wildman–Crippen MR) is 112 cm³/mol. The number of methoxy groups -OCH3 is 1. The van der Waals surface area contributed by atoms with Crippen LogP contribution in [0.25, 0.3) is 10.2 Å². The molecule has 0 aliphatic heterocycles. The zero-order valence-corrected chi connectivity index (χ0v) is 17.6. The van der Waals surface area contributed by atoms with Gasteiger partial charge in [0.15, 0.2) is 10.9 Å². The highest BCUT2D eigenvalue weighted by atomic mass is 32.1. The van der Waals surface area contributed by atoms with E-state index in [0.717, 1.165) is 23.9 Å². The van der Waals surface area contributed by atoms with Crippen molar-refractivity contribution in [2.45, 2.75) is 6.42 Å². The van der Waals surface area contributed by atoms with E-state index < -0.39 is 17.6 Å². The zero-order valence-electron chi connectivity index (χ0n) is 16.8. The summed E-state index contributed by atoms with van der Waals surface area (Å²) in [6.07, 6.45) is 0.658. The van der Waals surface area contributed by atoms with Crippen LogP contribution in [0.2, 0.25) is 0 Å². The quantitative estimate of drug-likeness (QED) is 0.528. The van der Waals surface area contributed by atoms with Gasteiger partial charge in [0, 0.05) is 18.2 Å². The van der Waals surface area contributed by atoms with Crippen LogP contribution in [0.15, 0.2) is 36.4 Å². The van der Waals surface area contributed by atoms with E-state index in [1.54, 1.807) is 0 Å². The molecule has 1 aromatic heterocycles. The Labute approximate surface area is 176 Å². The molecule has 158 valence electrons. The summed E-state index contributed by atoms with van der Waals surface area (Å²) in [7, 11) is 5.13. The monoisotopic (exact) mass is 433 g/mol. The second kappa shape index (κ2) is 9.27. The van der Waals surface area contributed by atoms with E-state index in [9.17, 15) is 18.4 Å². The van der Waals surface area contributed by atoms with Crippen LogP contribution in [0.3, 0.4) is 0 Å². The zero-order chi connectivity index (χ0) is 21.8. The van der Waals surface area contributed by atoms with Gasteiger partial charge in [0.2, 0.25) is 0 Å². The highest BCUT2D eigenvalue weighted by Gasteiger charge is 2.23. The number of thiazole rings is 1. The Morgan fingerprint density at radius 1 is 1.07 bits per heavy atom. The average molecular weight is 433 g/mol. The third kappa shape index (κ3) is 4.80. The lowest BCUT2D eigenvalue weighted by Gasteiger charge is -2.21. The SMILES string of the molecule is COC(=O)c1ccc(C(=O)N(CCCN(C)C)c2nc3c(F)cc(F)cc3s2)cc1. The number of hydrogen-bond donors (Lipinski definition) is 0. The Kier molecular flexibility index (Phi) is 6.73. The lowest BCUT2D eigenvalue weighted by atomic mass is 10.1. The number of esters is 1. The van der Waals surface area contributed by atoms with Crippen molar-refractivity contribution >= 4 is 38.6 Å². The second-order valence-corrected chi connectivity index (χ2v) is 7.92. The van der Waals surface area contributed by atoms with Crippen molar-refractivity contribution in [1.29, 1.82) is 0 Å². The Bertz CT molecular complexity index is 1070. The van der Waals surface area contributed by atoms with E-state index in [4.69, 9.17) is 0 Å². The predicted octanol–water partition coefficient (Wildman–Crippen LogP) is 3.96. The summed E-state index contributed by atoms with van der Waals surface area (Å²) in [5.41, 5.74) is 0.701. The normalized spacial score (nSPS) is 11.1. The first-order chi connectivity index (χ1) is 14.3. The van der Waals surface area contributed by atoms with Crippen molar-refractivity contribution in [3.63, 3.8) is 0 Å². The molecule has 0 N–H and O–H groups in total. The number of carbonyl (C=O) groups is 2. The van der Waals surface area contributed by atoms with Gasteiger partial charge in [0.1, 0.15) is 11.3 Å². The van der Waals surface area contributed by atoms with Gasteiger partial charge >= 0.3 is 5.97 Å². The summed E-state index contributed by atoms with van der Waals surface area (Å²) >= 11 is 1.05. The first-order valence-corrected chi connectivity index (χ1v) is 10.0. The lowest BCUT2D eigenvalue weighted by Crippen LogP contribution is -2.33. The number of amides is 1. The molecular weight excluding hydrogens is 412 g/mol. The van der Waals surface area contributed by atoms with Gasteiger partial charge in [0.25, 0.3) is 5.91 Å². The summed E-state index contributed by atoms with van der Waals surface area (Å²) in [5.74, 6) is -2.31. The van der Waals surface area contributed by atoms with Crippen LogP contribution >= 0.6 is 11.3 Å². The number of benzene rings is 2. The summed E-state index contributed by atoms with van der Waals surface area (Å²) in [6.45, 7) is 1.08. The van der Waals surface area contributed by atoms with Crippen LogP contribution in [-0.2, 0) is 4.74 Å². The van der Waals surface area contributed by atoms with E-state index in [1.807, 2.05) is 19.0 Å². The van der Waals surface area contributed by atoms with Gasteiger partial charge in [-0.1, -0.05) is 11.3 Å². The Morgan fingerprint density at radius 2 is 1.73 bits per heavy atom. The fourth-order valence-electron chi connectivity index (χ4n) is 2.91. The van der Waals surface area contributed by atoms with Gasteiger partial charge in [0.05, 0.1) is 17.4 Å². The Hall–Kier alpha value is -2.91. The maximum atomic E-state index is 14.1. The third-order valence-corrected chi connectivity index (χ3v) is 5.44. The van der Waals surface area contributed by atoms with Gasteiger partial charge < -0.3 is 9.64 Å². The van der Waals surface area contributed by atoms with Crippen LogP contribution in [0.4, 0.5) is 13.9 Å². The van der Waals surface area contributed by atoms with E-state index in [-0.39, 0.29) is 16.6 Å². The van der Waals surface area contributed by atoms with Crippen LogP contribution in [-0.4, -0.2) is 56.1 Å². The minimum atomic E-state index is -0.768. The lowest BCUT2D eigenvalue weighted by molar-refractivity contribution is 0.0600. The molecule has 0 fully saturated rings. The number of rotatable bonds is 7. The summed E-state index contributed by atoms with van der Waals surface area (Å²) in [5, 5.41) is 0.287. The average Bonchev–Trinajstić information content (AvgIpc) is 3.14. The smallest absolute Gasteiger partial charge is 0.337 e. The summed E-state index contributed by atoms with van der Waals surface area (Å²) < 4.78 is 32.7. The van der Waals surface area contributed by atoms with E-state index >= 15 is 0 Å². The fourth-order valence-corrected chi connectivity index (χ4v) is 3.94. The van der Waals surface area contributed by atoms with Crippen LogP contribution in [0.5, 0.6) is 0 Å². The van der Waals surface area contributed by atoms with Crippen LogP contribution in [0.1, 0.15) is 27.1 Å². The number of halogens is 2. The van der Waals surface area contributed by atoms with Crippen molar-refractivity contribution in [3.8, 4) is 0 Å². The maximum absolute atomic E-state index is 14.1. The number of aromatic nitrogens is 1. The van der Waals surface area contributed by atoms with Crippen molar-refractivity contribution in [2.75, 3.05) is 39.2 Å². The molecular formula is C21H21F2N3O3S. The fraction of sp³-hybridized carbons (Fsp3) is 0.286. The number of nitrogens with zero attached hydrogens (tertiary/aromatic N) is 3. The minimum absolute atomic E-state index is 0.0304. The van der Waals surface area contributed by atoms with Crippen LogP contribution < -0.4 is 4.90 Å². The molecule has 0 saturated carbocycles. The van der Waals surface area contributed by atoms with Gasteiger partial charge in [-0.3, -0.25) is 9.69 Å². The molecule has 2 aromatic carbocycles. The minimum Gasteiger partial charge on any atom is -0.465 e. The topological polar surface area (TPSA) is 62.7 Å². The maximum Gasteiger partial charge on any atom is 0.337 e. The summed E-state index contributed by atoms with van der Waals surface area (Å²) in [4.78, 5) is 32.5. The van der Waals surface area contributed by atoms with E-state index in [1.165, 1.54) is 42.3 Å². The summed E-state index contributed by atoms with van der Waals surface area (Å²) in [6, 6.07) is 8.04. The highest BCUT2D eigenvalue weighted by molar-refractivity contribution is 7.22. The molecule has 3 rings (SSSR count). The molecule has 0 radical (unpaired) electrons. The molecule has 0 aliphatic rings. The third-order valence-electron chi connectivity index (χ3n) is 4.42. The molecule has 30 heavy (non-hydrogen) atoms. The molecule has 0 spiro atoms. The van der Waals surface area contributed by atoms with E-state index in [0.29, 0.717) is 28.8 Å². The molecule has 3 aromatic rings. The first kappa shape index (κ1) is 21.8. The molecule has 0 unspecified atom stereocenters. The number of fused-ring (bicyclic) bond motifs is 1. The van der Waals surface area contributed by atoms with Gasteiger partial charge in [-0.25, -0.2) is 18.6 Å². The highest BCUT2D eigenvalue weighted by Crippen LogP contribution is 2.32. The molecule has 9 heteroatoms. The molecule has 0 bridgehead atoms. The molecule has 6 nitrogen and oxygen atoms in total. The van der Waals surface area contributed by atoms with Gasteiger partial charge in [-0.05, 0) is 57.4 Å². The molecule has 1 amide bonds. The van der Waals surface area contributed by atoms with Crippen molar-refractivity contribution in [1.82, 2.24) is 9.88 Å². The second-order valence-electron chi connectivity index (χ2n) is 6.91. The standard InChI is InChI=1S/C21H21F2N3O3S/c1-25(2)9-4-10-26(19(27)13-5-7-14(8-6-13)20(28)29-3)21-24-18-16(23)11-15(22)12-17(18)30-21/h5-8,11-12H,4,9-10H2,1-3H3. The van der Waals surface area contributed by atoms with Gasteiger partial charge in [-0.2, -0.15) is 0 Å². The number of ether oxygens (including phenoxy) is 1. The molecule has 0 saturated heterocycles. The number of carbonyl (C=O) groups excluding carboxylic acids is 2. The molecule has 1 heterocycles. The molecule has 0 aliphatic carbocycles. The van der Waals surface area contributed by atoms with E-state index in [2.05, 4.69) is 9.72 Å².